The van der Waals surface area contributed by atoms with Crippen molar-refractivity contribution in [3.8, 4) is 0 Å². The number of nitrogens with zero attached hydrogens (tertiary/aromatic N) is 3. The average Bonchev–Trinajstić information content (AvgIpc) is 3.16. The fourth-order valence-electron chi connectivity index (χ4n) is 3.42. The highest BCUT2D eigenvalue weighted by Crippen LogP contribution is 2.44. The molecule has 0 spiro atoms. The zero-order valence-corrected chi connectivity index (χ0v) is 15.5. The highest BCUT2D eigenvalue weighted by molar-refractivity contribution is 5.98. The number of anilines is 1. The van der Waals surface area contributed by atoms with Gasteiger partial charge in [-0.3, -0.25) is 9.78 Å². The first kappa shape index (κ1) is 19.9. The van der Waals surface area contributed by atoms with Crippen molar-refractivity contribution in [2.75, 3.05) is 5.32 Å². The summed E-state index contributed by atoms with van der Waals surface area (Å²) in [6.45, 7) is 0.168. The molecule has 6 nitrogen and oxygen atoms in total. The van der Waals surface area contributed by atoms with E-state index in [0.717, 1.165) is 16.4 Å². The van der Waals surface area contributed by atoms with Crippen molar-refractivity contribution in [2.24, 2.45) is 0 Å². The van der Waals surface area contributed by atoms with Crippen LogP contribution < -0.4 is 10.6 Å². The van der Waals surface area contributed by atoms with E-state index in [2.05, 4.69) is 20.7 Å². The fourth-order valence-corrected chi connectivity index (χ4v) is 3.42. The SMILES string of the molecule is O=C(NCc1cccnc1)c1cnn2c1N[C@H](c1ccc(F)cc1)C[C@H]2C(F)(F)F. The van der Waals surface area contributed by atoms with Crippen molar-refractivity contribution >= 4 is 11.7 Å². The average molecular weight is 419 g/mol. The van der Waals surface area contributed by atoms with Crippen LogP contribution in [0.5, 0.6) is 0 Å². The summed E-state index contributed by atoms with van der Waals surface area (Å²) in [5.41, 5.74) is 1.23. The molecule has 0 saturated carbocycles. The lowest BCUT2D eigenvalue weighted by Crippen LogP contribution is -2.36. The zero-order valence-electron chi connectivity index (χ0n) is 15.5. The van der Waals surface area contributed by atoms with E-state index in [0.29, 0.717) is 5.56 Å². The molecule has 0 unspecified atom stereocenters. The summed E-state index contributed by atoms with van der Waals surface area (Å²) in [6.07, 6.45) is -0.607. The number of hydrogen-bond acceptors (Lipinski definition) is 4. The van der Waals surface area contributed by atoms with Crippen molar-refractivity contribution in [2.45, 2.75) is 31.2 Å². The predicted molar refractivity (Wildman–Crippen MR) is 100 cm³/mol. The number of rotatable bonds is 4. The molecular formula is C20H17F4N5O. The minimum Gasteiger partial charge on any atom is -0.363 e. The first-order chi connectivity index (χ1) is 14.3. The number of alkyl halides is 3. The van der Waals surface area contributed by atoms with Gasteiger partial charge in [0.1, 0.15) is 17.2 Å². The lowest BCUT2D eigenvalue weighted by Gasteiger charge is -2.34. The Bertz CT molecular complexity index is 1030. The summed E-state index contributed by atoms with van der Waals surface area (Å²) in [6, 6.07) is 6.04. The molecule has 1 aliphatic heterocycles. The topological polar surface area (TPSA) is 71.8 Å². The van der Waals surface area contributed by atoms with Gasteiger partial charge in [0, 0.05) is 25.4 Å². The van der Waals surface area contributed by atoms with Gasteiger partial charge in [-0.15, -0.1) is 0 Å². The van der Waals surface area contributed by atoms with E-state index in [1.165, 1.54) is 24.3 Å². The third-order valence-corrected chi connectivity index (χ3v) is 4.93. The molecule has 0 saturated heterocycles. The summed E-state index contributed by atoms with van der Waals surface area (Å²) in [7, 11) is 0. The summed E-state index contributed by atoms with van der Waals surface area (Å²) in [4.78, 5) is 16.6. The number of carbonyl (C=O) groups excluding carboxylic acids is 1. The first-order valence-corrected chi connectivity index (χ1v) is 9.16. The highest BCUT2D eigenvalue weighted by atomic mass is 19.4. The molecule has 2 atom stereocenters. The van der Waals surface area contributed by atoms with Crippen LogP contribution in [-0.4, -0.2) is 26.8 Å². The number of fused-ring (bicyclic) bond motifs is 1. The molecule has 4 rings (SSSR count). The van der Waals surface area contributed by atoms with Crippen molar-refractivity contribution in [3.05, 3.63) is 77.5 Å². The molecule has 156 valence electrons. The molecule has 3 aromatic rings. The van der Waals surface area contributed by atoms with Gasteiger partial charge in [-0.05, 0) is 29.3 Å². The molecule has 3 heterocycles. The maximum atomic E-state index is 13.7. The smallest absolute Gasteiger partial charge is 0.363 e. The molecular weight excluding hydrogens is 402 g/mol. The van der Waals surface area contributed by atoms with E-state index < -0.39 is 30.0 Å². The Hall–Kier alpha value is -3.43. The number of carbonyl (C=O) groups is 1. The lowest BCUT2D eigenvalue weighted by molar-refractivity contribution is -0.173. The normalized spacial score (nSPS) is 18.4. The molecule has 0 radical (unpaired) electrons. The molecule has 1 amide bonds. The van der Waals surface area contributed by atoms with E-state index in [1.807, 2.05) is 0 Å². The quantitative estimate of drug-likeness (QED) is 0.627. The Morgan fingerprint density at radius 3 is 2.63 bits per heavy atom. The lowest BCUT2D eigenvalue weighted by atomic mass is 9.96. The highest BCUT2D eigenvalue weighted by Gasteiger charge is 2.47. The largest absolute Gasteiger partial charge is 0.410 e. The number of aromatic nitrogens is 3. The number of hydrogen-bond donors (Lipinski definition) is 2. The van der Waals surface area contributed by atoms with E-state index in [9.17, 15) is 22.4 Å². The van der Waals surface area contributed by atoms with Crippen LogP contribution >= 0.6 is 0 Å². The summed E-state index contributed by atoms with van der Waals surface area (Å²) < 4.78 is 55.1. The van der Waals surface area contributed by atoms with Gasteiger partial charge in [-0.1, -0.05) is 18.2 Å². The number of halogens is 4. The van der Waals surface area contributed by atoms with Gasteiger partial charge >= 0.3 is 6.18 Å². The third kappa shape index (κ3) is 3.98. The Labute approximate surface area is 168 Å². The zero-order chi connectivity index (χ0) is 21.3. The van der Waals surface area contributed by atoms with Crippen molar-refractivity contribution < 1.29 is 22.4 Å². The van der Waals surface area contributed by atoms with Crippen LogP contribution in [0.4, 0.5) is 23.4 Å². The first-order valence-electron chi connectivity index (χ1n) is 9.16. The fraction of sp³-hybridized carbons (Fsp3) is 0.250. The molecule has 0 aliphatic carbocycles. The van der Waals surface area contributed by atoms with Gasteiger partial charge in [-0.25, -0.2) is 9.07 Å². The molecule has 2 aromatic heterocycles. The Morgan fingerprint density at radius 1 is 1.20 bits per heavy atom. The standard InChI is InChI=1S/C20H17F4N5O/c21-14-5-3-13(4-6-14)16-8-17(20(22,23)24)29-18(28-16)15(11-27-29)19(30)26-10-12-2-1-7-25-9-12/h1-7,9,11,16-17,28H,8,10H2,(H,26,30)/t16-,17-/m0/s1. The van der Waals surface area contributed by atoms with Crippen LogP contribution in [-0.2, 0) is 6.54 Å². The molecule has 30 heavy (non-hydrogen) atoms. The second kappa shape index (κ2) is 7.77. The van der Waals surface area contributed by atoms with Crippen LogP contribution in [0.1, 0.15) is 40.0 Å². The Kier molecular flexibility index (Phi) is 5.15. The summed E-state index contributed by atoms with van der Waals surface area (Å²) in [5.74, 6) is -1.07. The van der Waals surface area contributed by atoms with Crippen molar-refractivity contribution in [3.63, 3.8) is 0 Å². The molecule has 1 aromatic carbocycles. The van der Waals surface area contributed by atoms with Gasteiger partial charge in [0.05, 0.1) is 12.2 Å². The van der Waals surface area contributed by atoms with Crippen molar-refractivity contribution in [1.29, 1.82) is 0 Å². The summed E-state index contributed by atoms with van der Waals surface area (Å²) >= 11 is 0. The Morgan fingerprint density at radius 2 is 1.97 bits per heavy atom. The van der Waals surface area contributed by atoms with Gasteiger partial charge in [0.2, 0.25) is 0 Å². The molecule has 10 heteroatoms. The number of amides is 1. The van der Waals surface area contributed by atoms with E-state index in [4.69, 9.17) is 0 Å². The molecule has 0 fully saturated rings. The monoisotopic (exact) mass is 419 g/mol. The van der Waals surface area contributed by atoms with Crippen LogP contribution in [0, 0.1) is 5.82 Å². The minimum absolute atomic E-state index is 0.0000445. The van der Waals surface area contributed by atoms with Gasteiger partial charge in [0.15, 0.2) is 6.04 Å². The van der Waals surface area contributed by atoms with Gasteiger partial charge in [0.25, 0.3) is 5.91 Å². The van der Waals surface area contributed by atoms with Gasteiger partial charge < -0.3 is 10.6 Å². The second-order valence-electron chi connectivity index (χ2n) is 6.94. The maximum absolute atomic E-state index is 13.7. The van der Waals surface area contributed by atoms with Gasteiger partial charge in [-0.2, -0.15) is 18.3 Å². The van der Waals surface area contributed by atoms with E-state index >= 15 is 0 Å². The van der Waals surface area contributed by atoms with Crippen LogP contribution in [0.3, 0.4) is 0 Å². The van der Waals surface area contributed by atoms with Crippen LogP contribution in [0.15, 0.2) is 55.0 Å². The molecule has 2 N–H and O–H groups in total. The van der Waals surface area contributed by atoms with E-state index in [1.54, 1.807) is 24.5 Å². The van der Waals surface area contributed by atoms with Crippen LogP contribution in [0.2, 0.25) is 0 Å². The van der Waals surface area contributed by atoms with E-state index in [-0.39, 0.29) is 24.3 Å². The molecule has 1 aliphatic rings. The summed E-state index contributed by atoms with van der Waals surface area (Å²) in [5, 5.41) is 9.46. The predicted octanol–water partition coefficient (Wildman–Crippen LogP) is 4.01. The number of nitrogens with one attached hydrogen (secondary N) is 2. The Balaban J connectivity index is 1.62. The third-order valence-electron chi connectivity index (χ3n) is 4.93. The maximum Gasteiger partial charge on any atom is 0.410 e. The number of benzene rings is 1. The molecule has 0 bridgehead atoms. The van der Waals surface area contributed by atoms with Crippen LogP contribution in [0.25, 0.3) is 0 Å². The van der Waals surface area contributed by atoms with Crippen molar-refractivity contribution in [1.82, 2.24) is 20.1 Å². The second-order valence-corrected chi connectivity index (χ2v) is 6.94. The number of pyridine rings is 1. The minimum atomic E-state index is -4.56.